The molecular weight excluding hydrogens is 298 g/mol. The first kappa shape index (κ1) is 16.5. The molecule has 0 spiro atoms. The van der Waals surface area contributed by atoms with Gasteiger partial charge >= 0.3 is 5.97 Å². The van der Waals surface area contributed by atoms with Crippen LogP contribution in [0.2, 0.25) is 0 Å². The van der Waals surface area contributed by atoms with Gasteiger partial charge in [-0.25, -0.2) is 0 Å². The van der Waals surface area contributed by atoms with E-state index in [1.54, 1.807) is 19.3 Å². The van der Waals surface area contributed by atoms with E-state index in [0.717, 1.165) is 17.2 Å². The van der Waals surface area contributed by atoms with Crippen molar-refractivity contribution in [2.24, 2.45) is 0 Å². The van der Waals surface area contributed by atoms with Crippen LogP contribution >= 0.6 is 0 Å². The van der Waals surface area contributed by atoms with Crippen molar-refractivity contribution in [2.75, 3.05) is 7.11 Å². The maximum atomic E-state index is 11.7. The monoisotopic (exact) mass is 315 g/mol. The second-order valence-electron chi connectivity index (χ2n) is 4.96. The summed E-state index contributed by atoms with van der Waals surface area (Å²) in [6, 6.07) is 5.51. The molecule has 0 aliphatic carbocycles. The van der Waals surface area contributed by atoms with Crippen molar-refractivity contribution in [2.45, 2.75) is 19.4 Å². The Balaban J connectivity index is 1.94. The van der Waals surface area contributed by atoms with Crippen molar-refractivity contribution in [1.29, 1.82) is 0 Å². The van der Waals surface area contributed by atoms with Gasteiger partial charge in [-0.2, -0.15) is 0 Å². The molecule has 1 aliphatic heterocycles. The second-order valence-corrected chi connectivity index (χ2v) is 4.96. The summed E-state index contributed by atoms with van der Waals surface area (Å²) < 4.78 is 10.4. The SMILES string of the molecule is C=CCc1ccc(COC(=O)CC2=CC(=O)NC2=O)cc1OC. The molecule has 1 N–H and O–H groups in total. The summed E-state index contributed by atoms with van der Waals surface area (Å²) >= 11 is 0. The molecule has 1 aromatic rings. The topological polar surface area (TPSA) is 81.7 Å². The molecule has 0 saturated carbocycles. The normalized spacial score (nSPS) is 13.3. The number of rotatable bonds is 7. The first-order chi connectivity index (χ1) is 11.0. The molecule has 1 aromatic carbocycles. The molecule has 0 aromatic heterocycles. The Morgan fingerprint density at radius 2 is 2.13 bits per heavy atom. The number of carbonyl (C=O) groups excluding carboxylic acids is 3. The van der Waals surface area contributed by atoms with Gasteiger partial charge in [0.2, 0.25) is 0 Å². The van der Waals surface area contributed by atoms with Crippen molar-refractivity contribution in [3.05, 3.63) is 53.6 Å². The summed E-state index contributed by atoms with van der Waals surface area (Å²) in [4.78, 5) is 34.1. The number of benzene rings is 1. The molecule has 2 amide bonds. The maximum Gasteiger partial charge on any atom is 0.310 e. The molecule has 120 valence electrons. The molecular formula is C17H17NO5. The predicted octanol–water partition coefficient (Wildman–Crippen LogP) is 1.44. The molecule has 6 heteroatoms. The van der Waals surface area contributed by atoms with E-state index >= 15 is 0 Å². The van der Waals surface area contributed by atoms with E-state index < -0.39 is 17.8 Å². The van der Waals surface area contributed by atoms with Crippen LogP contribution in [0.25, 0.3) is 0 Å². The first-order valence-corrected chi connectivity index (χ1v) is 7.01. The minimum atomic E-state index is -0.574. The lowest BCUT2D eigenvalue weighted by atomic mass is 10.1. The minimum absolute atomic E-state index is 0.0619. The highest BCUT2D eigenvalue weighted by Gasteiger charge is 2.23. The maximum absolute atomic E-state index is 11.7. The van der Waals surface area contributed by atoms with Gasteiger partial charge in [0.15, 0.2) is 0 Å². The Labute approximate surface area is 133 Å². The van der Waals surface area contributed by atoms with Crippen molar-refractivity contribution in [3.63, 3.8) is 0 Å². The van der Waals surface area contributed by atoms with Crippen molar-refractivity contribution < 1.29 is 23.9 Å². The number of methoxy groups -OCH3 is 1. The number of nitrogens with one attached hydrogen (secondary N) is 1. The van der Waals surface area contributed by atoms with Crippen molar-refractivity contribution in [3.8, 4) is 5.75 Å². The summed E-state index contributed by atoms with van der Waals surface area (Å²) in [5.74, 6) is -0.945. The van der Waals surface area contributed by atoms with Crippen LogP contribution in [-0.2, 0) is 32.1 Å². The first-order valence-electron chi connectivity index (χ1n) is 7.01. The van der Waals surface area contributed by atoms with Gasteiger partial charge in [-0.3, -0.25) is 19.7 Å². The summed E-state index contributed by atoms with van der Waals surface area (Å²) in [6.07, 6.45) is 3.33. The molecule has 1 heterocycles. The van der Waals surface area contributed by atoms with Crippen LogP contribution in [0.3, 0.4) is 0 Å². The number of esters is 1. The van der Waals surface area contributed by atoms with Crippen LogP contribution in [0.5, 0.6) is 5.75 Å². The molecule has 0 bridgehead atoms. The average Bonchev–Trinajstić information content (AvgIpc) is 2.84. The smallest absolute Gasteiger partial charge is 0.310 e. The van der Waals surface area contributed by atoms with Gasteiger partial charge in [0.05, 0.1) is 13.5 Å². The number of ether oxygens (including phenoxy) is 2. The van der Waals surface area contributed by atoms with Crippen LogP contribution in [-0.4, -0.2) is 24.9 Å². The van der Waals surface area contributed by atoms with Crippen LogP contribution in [0.4, 0.5) is 0 Å². The zero-order valence-corrected chi connectivity index (χ0v) is 12.8. The Bertz CT molecular complexity index is 690. The fourth-order valence-corrected chi connectivity index (χ4v) is 2.16. The Morgan fingerprint density at radius 3 is 2.74 bits per heavy atom. The highest BCUT2D eigenvalue weighted by molar-refractivity contribution is 6.17. The minimum Gasteiger partial charge on any atom is -0.496 e. The highest BCUT2D eigenvalue weighted by atomic mass is 16.5. The molecule has 0 unspecified atom stereocenters. The van der Waals surface area contributed by atoms with Gasteiger partial charge in [0, 0.05) is 11.6 Å². The van der Waals surface area contributed by atoms with Gasteiger partial charge in [-0.15, -0.1) is 6.58 Å². The number of amides is 2. The second kappa shape index (κ2) is 7.40. The molecule has 1 aliphatic rings. The standard InChI is InChI=1S/C17H17NO5/c1-3-4-12-6-5-11(7-14(12)22-2)10-23-16(20)9-13-8-15(19)18-17(13)21/h3,5-8H,1,4,9-10H2,2H3,(H,18,19,21). The summed E-state index contributed by atoms with van der Waals surface area (Å²) in [5.41, 5.74) is 1.87. The lowest BCUT2D eigenvalue weighted by Gasteiger charge is -2.10. The number of imide groups is 1. The molecule has 0 radical (unpaired) electrons. The van der Waals surface area contributed by atoms with Gasteiger partial charge in [-0.05, 0) is 23.6 Å². The van der Waals surface area contributed by atoms with Crippen LogP contribution in [0.1, 0.15) is 17.5 Å². The van der Waals surface area contributed by atoms with Gasteiger partial charge in [0.25, 0.3) is 11.8 Å². The van der Waals surface area contributed by atoms with E-state index in [-0.39, 0.29) is 18.6 Å². The summed E-state index contributed by atoms with van der Waals surface area (Å²) in [5, 5.41) is 2.08. The molecule has 0 atom stereocenters. The average molecular weight is 315 g/mol. The fraction of sp³-hybridized carbons (Fsp3) is 0.235. The third-order valence-electron chi connectivity index (χ3n) is 3.28. The number of carbonyl (C=O) groups is 3. The molecule has 0 saturated heterocycles. The Kier molecular flexibility index (Phi) is 5.30. The third kappa shape index (κ3) is 4.29. The van der Waals surface area contributed by atoms with Crippen molar-refractivity contribution >= 4 is 17.8 Å². The predicted molar refractivity (Wildman–Crippen MR) is 82.5 cm³/mol. The zero-order chi connectivity index (χ0) is 16.8. The van der Waals surface area contributed by atoms with Crippen LogP contribution < -0.4 is 10.1 Å². The van der Waals surface area contributed by atoms with Gasteiger partial charge in [-0.1, -0.05) is 18.2 Å². The van der Waals surface area contributed by atoms with E-state index in [4.69, 9.17) is 9.47 Å². The van der Waals surface area contributed by atoms with E-state index in [2.05, 4.69) is 11.9 Å². The Hall–Kier alpha value is -2.89. The highest BCUT2D eigenvalue weighted by Crippen LogP contribution is 2.21. The Morgan fingerprint density at radius 1 is 1.35 bits per heavy atom. The van der Waals surface area contributed by atoms with Crippen LogP contribution in [0.15, 0.2) is 42.5 Å². The lowest BCUT2D eigenvalue weighted by molar-refractivity contribution is -0.144. The van der Waals surface area contributed by atoms with E-state index in [1.807, 2.05) is 12.1 Å². The summed E-state index contributed by atoms with van der Waals surface area (Å²) in [7, 11) is 1.57. The third-order valence-corrected chi connectivity index (χ3v) is 3.28. The summed E-state index contributed by atoms with van der Waals surface area (Å²) in [6.45, 7) is 3.75. The van der Waals surface area contributed by atoms with E-state index in [1.165, 1.54) is 0 Å². The largest absolute Gasteiger partial charge is 0.496 e. The molecule has 23 heavy (non-hydrogen) atoms. The van der Waals surface area contributed by atoms with E-state index in [0.29, 0.717) is 12.2 Å². The van der Waals surface area contributed by atoms with Crippen LogP contribution in [0, 0.1) is 0 Å². The van der Waals surface area contributed by atoms with Gasteiger partial charge in [0.1, 0.15) is 12.4 Å². The zero-order valence-electron chi connectivity index (χ0n) is 12.8. The number of allylic oxidation sites excluding steroid dienone is 1. The number of hydrogen-bond donors (Lipinski definition) is 1. The number of hydrogen-bond acceptors (Lipinski definition) is 5. The quantitative estimate of drug-likeness (QED) is 0.468. The lowest BCUT2D eigenvalue weighted by Crippen LogP contribution is -2.23. The van der Waals surface area contributed by atoms with Crippen molar-refractivity contribution in [1.82, 2.24) is 5.32 Å². The molecule has 2 rings (SSSR count). The molecule has 0 fully saturated rings. The van der Waals surface area contributed by atoms with Gasteiger partial charge < -0.3 is 9.47 Å². The molecule has 6 nitrogen and oxygen atoms in total. The van der Waals surface area contributed by atoms with E-state index in [9.17, 15) is 14.4 Å². The fourth-order valence-electron chi connectivity index (χ4n) is 2.16.